The summed E-state index contributed by atoms with van der Waals surface area (Å²) in [6, 6.07) is 15.1. The molecule has 36 heavy (non-hydrogen) atoms. The van der Waals surface area contributed by atoms with Crippen LogP contribution in [0, 0.1) is 6.57 Å². The number of rotatable bonds is 7. The molecule has 0 radical (unpaired) electrons. The molecule has 1 fully saturated rings. The highest BCUT2D eigenvalue weighted by Crippen LogP contribution is 2.40. The van der Waals surface area contributed by atoms with Crippen molar-refractivity contribution in [3.05, 3.63) is 92.8 Å². The van der Waals surface area contributed by atoms with Crippen molar-refractivity contribution in [2.45, 2.75) is 37.5 Å². The highest BCUT2D eigenvalue weighted by Gasteiger charge is 2.16. The number of nitrogens with one attached hydrogen (secondary N) is 1. The molecule has 0 unspecified atom stereocenters. The number of benzene rings is 3. The topological polar surface area (TPSA) is 67.6 Å². The van der Waals surface area contributed by atoms with Crippen LogP contribution in [-0.4, -0.2) is 20.1 Å². The molecule has 5 nitrogen and oxygen atoms in total. The van der Waals surface area contributed by atoms with Crippen molar-refractivity contribution in [3.63, 3.8) is 0 Å². The van der Waals surface area contributed by atoms with E-state index in [4.69, 9.17) is 29.8 Å². The average Bonchev–Trinajstić information content (AvgIpc) is 2.81. The minimum atomic E-state index is -3.29. The number of sulfone groups is 1. The Labute approximate surface area is 221 Å². The number of hydrogen-bond acceptors (Lipinski definition) is 3. The zero-order chi connectivity index (χ0) is 25.9. The standard InChI is InChI=1S/C28H24Cl2N2O3S/c1-3-36(34,35)23-11-7-19(8-12-23)14-27(33)32-22-16-24(29)28(25(30)17-22)21-10-9-20(26(15-21)31-2)13-18-5-4-6-18/h7-13,15-17H,3-6,14H2,1H3,(H,32,33). The Balaban J connectivity index is 1.50. The van der Waals surface area contributed by atoms with Crippen LogP contribution in [-0.2, 0) is 21.1 Å². The SMILES string of the molecule is [C-]#[N+]c1cc(-c2c(Cl)cc(NC(=O)Cc3ccc(S(=O)(=O)CC)cc3)cc2Cl)ccc1C=C1CCC1. The summed E-state index contributed by atoms with van der Waals surface area (Å²) < 4.78 is 23.9. The van der Waals surface area contributed by atoms with Crippen LogP contribution in [0.2, 0.25) is 10.0 Å². The summed E-state index contributed by atoms with van der Waals surface area (Å²) in [7, 11) is -3.29. The van der Waals surface area contributed by atoms with E-state index in [1.165, 1.54) is 24.1 Å². The molecule has 1 amide bonds. The van der Waals surface area contributed by atoms with E-state index >= 15 is 0 Å². The summed E-state index contributed by atoms with van der Waals surface area (Å²) in [6.07, 6.45) is 5.50. The molecule has 0 bridgehead atoms. The number of amides is 1. The van der Waals surface area contributed by atoms with Crippen molar-refractivity contribution >= 4 is 56.4 Å². The minimum Gasteiger partial charge on any atom is -0.326 e. The van der Waals surface area contributed by atoms with Gasteiger partial charge in [0.05, 0.1) is 33.7 Å². The van der Waals surface area contributed by atoms with Gasteiger partial charge in [0.15, 0.2) is 15.5 Å². The molecule has 184 valence electrons. The fourth-order valence-electron chi connectivity index (χ4n) is 3.96. The fourth-order valence-corrected chi connectivity index (χ4v) is 5.55. The monoisotopic (exact) mass is 538 g/mol. The lowest BCUT2D eigenvalue weighted by Gasteiger charge is -2.17. The normalized spacial score (nSPS) is 13.0. The number of allylic oxidation sites excluding steroid dienone is 1. The van der Waals surface area contributed by atoms with Gasteiger partial charge >= 0.3 is 0 Å². The van der Waals surface area contributed by atoms with Crippen LogP contribution in [0.1, 0.15) is 37.3 Å². The van der Waals surface area contributed by atoms with Crippen molar-refractivity contribution < 1.29 is 13.2 Å². The number of carbonyl (C=O) groups excluding carboxylic acids is 1. The van der Waals surface area contributed by atoms with Crippen LogP contribution in [0.4, 0.5) is 11.4 Å². The predicted octanol–water partition coefficient (Wildman–Crippen LogP) is 7.75. The molecule has 0 atom stereocenters. The molecule has 0 heterocycles. The summed E-state index contributed by atoms with van der Waals surface area (Å²) in [4.78, 5) is 16.5. The second-order valence-electron chi connectivity index (χ2n) is 8.63. The zero-order valence-corrected chi connectivity index (χ0v) is 22.0. The zero-order valence-electron chi connectivity index (χ0n) is 19.6. The lowest BCUT2D eigenvalue weighted by Crippen LogP contribution is -2.14. The number of nitrogens with zero attached hydrogens (tertiary/aromatic N) is 1. The lowest BCUT2D eigenvalue weighted by atomic mass is 9.90. The van der Waals surface area contributed by atoms with Crippen molar-refractivity contribution in [2.24, 2.45) is 0 Å². The van der Waals surface area contributed by atoms with E-state index in [-0.39, 0.29) is 23.0 Å². The van der Waals surface area contributed by atoms with Gasteiger partial charge in [0, 0.05) is 11.3 Å². The van der Waals surface area contributed by atoms with Crippen LogP contribution in [0.15, 0.2) is 65.1 Å². The van der Waals surface area contributed by atoms with Crippen molar-refractivity contribution in [1.82, 2.24) is 0 Å². The molecule has 3 aromatic rings. The van der Waals surface area contributed by atoms with Gasteiger partial charge < -0.3 is 5.32 Å². The Bertz CT molecular complexity index is 1480. The Kier molecular flexibility index (Phi) is 7.85. The first kappa shape index (κ1) is 26.0. The van der Waals surface area contributed by atoms with Gasteiger partial charge in [-0.05, 0) is 66.3 Å². The molecule has 1 saturated carbocycles. The van der Waals surface area contributed by atoms with Gasteiger partial charge in [-0.25, -0.2) is 13.3 Å². The summed E-state index contributed by atoms with van der Waals surface area (Å²) in [5.74, 6) is -0.268. The number of anilines is 1. The third-order valence-electron chi connectivity index (χ3n) is 6.15. The molecular formula is C28H24Cl2N2O3S. The Hall–Kier alpha value is -3.11. The Morgan fingerprint density at radius 3 is 2.28 bits per heavy atom. The van der Waals surface area contributed by atoms with Gasteiger partial charge in [-0.2, -0.15) is 0 Å². The van der Waals surface area contributed by atoms with Crippen molar-refractivity contribution in [3.8, 4) is 11.1 Å². The second-order valence-corrected chi connectivity index (χ2v) is 11.7. The molecule has 0 aliphatic heterocycles. The van der Waals surface area contributed by atoms with Gasteiger partial charge in [0.25, 0.3) is 0 Å². The van der Waals surface area contributed by atoms with Crippen LogP contribution < -0.4 is 5.32 Å². The van der Waals surface area contributed by atoms with E-state index in [2.05, 4.69) is 16.2 Å². The molecule has 0 aromatic heterocycles. The van der Waals surface area contributed by atoms with E-state index in [1.807, 2.05) is 12.1 Å². The first-order valence-electron chi connectivity index (χ1n) is 11.5. The molecule has 3 aromatic carbocycles. The average molecular weight is 539 g/mol. The van der Waals surface area contributed by atoms with E-state index in [0.717, 1.165) is 24.0 Å². The summed E-state index contributed by atoms with van der Waals surface area (Å²) >= 11 is 13.1. The summed E-state index contributed by atoms with van der Waals surface area (Å²) in [6.45, 7) is 9.17. The highest BCUT2D eigenvalue weighted by molar-refractivity contribution is 7.91. The molecule has 8 heteroatoms. The third kappa shape index (κ3) is 5.82. The van der Waals surface area contributed by atoms with E-state index in [1.54, 1.807) is 37.3 Å². The number of halogens is 2. The Morgan fingerprint density at radius 2 is 1.72 bits per heavy atom. The Morgan fingerprint density at radius 1 is 1.06 bits per heavy atom. The van der Waals surface area contributed by atoms with E-state index in [0.29, 0.717) is 32.5 Å². The first-order chi connectivity index (χ1) is 17.2. The molecule has 0 saturated heterocycles. The van der Waals surface area contributed by atoms with Gasteiger partial charge in [-0.15, -0.1) is 0 Å². The third-order valence-corrected chi connectivity index (χ3v) is 8.49. The van der Waals surface area contributed by atoms with E-state index < -0.39 is 9.84 Å². The van der Waals surface area contributed by atoms with Crippen LogP contribution >= 0.6 is 23.2 Å². The maximum Gasteiger partial charge on any atom is 0.228 e. The number of hydrogen-bond donors (Lipinski definition) is 1. The maximum atomic E-state index is 12.6. The minimum absolute atomic E-state index is 0.0195. The van der Waals surface area contributed by atoms with Gasteiger partial charge in [0.1, 0.15) is 0 Å². The smallest absolute Gasteiger partial charge is 0.228 e. The van der Waals surface area contributed by atoms with Crippen molar-refractivity contribution in [1.29, 1.82) is 0 Å². The van der Waals surface area contributed by atoms with Crippen LogP contribution in [0.25, 0.3) is 22.0 Å². The number of carbonyl (C=O) groups is 1. The summed E-state index contributed by atoms with van der Waals surface area (Å²) in [5, 5.41) is 3.50. The molecule has 1 N–H and O–H groups in total. The molecule has 4 rings (SSSR count). The summed E-state index contributed by atoms with van der Waals surface area (Å²) in [5.41, 5.74) is 5.23. The molecular weight excluding hydrogens is 515 g/mol. The highest BCUT2D eigenvalue weighted by atomic mass is 35.5. The van der Waals surface area contributed by atoms with Crippen molar-refractivity contribution in [2.75, 3.05) is 11.1 Å². The van der Waals surface area contributed by atoms with Gasteiger partial charge in [-0.1, -0.05) is 66.0 Å². The van der Waals surface area contributed by atoms with E-state index in [9.17, 15) is 13.2 Å². The largest absolute Gasteiger partial charge is 0.326 e. The lowest BCUT2D eigenvalue weighted by molar-refractivity contribution is -0.115. The van der Waals surface area contributed by atoms with Crippen LogP contribution in [0.5, 0.6) is 0 Å². The fraction of sp³-hybridized carbons (Fsp3) is 0.214. The van der Waals surface area contributed by atoms with Crippen LogP contribution in [0.3, 0.4) is 0 Å². The maximum absolute atomic E-state index is 12.6. The quantitative estimate of drug-likeness (QED) is 0.312. The second kappa shape index (κ2) is 10.9. The molecule has 1 aliphatic carbocycles. The predicted molar refractivity (Wildman–Crippen MR) is 146 cm³/mol. The van der Waals surface area contributed by atoms with Gasteiger partial charge in [0.2, 0.25) is 5.91 Å². The first-order valence-corrected chi connectivity index (χ1v) is 13.9. The van der Waals surface area contributed by atoms with Gasteiger partial charge in [-0.3, -0.25) is 4.79 Å². The molecule has 1 aliphatic rings. The molecule has 0 spiro atoms.